The maximum atomic E-state index is 10.9. The number of carbonyl (C=O) groups is 1. The van der Waals surface area contributed by atoms with Crippen LogP contribution in [0.25, 0.3) is 11.1 Å². The molecule has 0 saturated carbocycles. The normalized spacial score (nSPS) is 10.2. The van der Waals surface area contributed by atoms with Crippen molar-refractivity contribution in [1.29, 1.82) is 0 Å². The molecule has 88 valence electrons. The summed E-state index contributed by atoms with van der Waals surface area (Å²) in [5, 5.41) is 8.98. The number of rotatable bonds is 3. The van der Waals surface area contributed by atoms with Crippen LogP contribution in [0, 0.1) is 6.92 Å². The summed E-state index contributed by atoms with van der Waals surface area (Å²) >= 11 is 1.28. The fourth-order valence-corrected chi connectivity index (χ4v) is 2.59. The minimum atomic E-state index is -0.890. The molecule has 0 aliphatic carbocycles. The van der Waals surface area contributed by atoms with Gasteiger partial charge in [-0.3, -0.25) is 0 Å². The molecule has 2 rings (SSSR count). The van der Waals surface area contributed by atoms with Gasteiger partial charge in [-0.25, -0.2) is 4.79 Å². The molecule has 0 spiro atoms. The summed E-state index contributed by atoms with van der Waals surface area (Å²) in [4.78, 5) is 12.3. The van der Waals surface area contributed by atoms with Crippen LogP contribution in [0.5, 0.6) is 5.75 Å². The van der Waals surface area contributed by atoms with Gasteiger partial charge in [0, 0.05) is 10.4 Å². The van der Waals surface area contributed by atoms with Crippen LogP contribution in [0.1, 0.15) is 14.5 Å². The lowest BCUT2D eigenvalue weighted by Crippen LogP contribution is -1.90. The van der Waals surface area contributed by atoms with Crippen LogP contribution in [-0.2, 0) is 0 Å². The largest absolute Gasteiger partial charge is 0.496 e. The number of carboxylic acids is 1. The molecule has 0 unspecified atom stereocenters. The lowest BCUT2D eigenvalue weighted by Gasteiger charge is -2.07. The average Bonchev–Trinajstić information content (AvgIpc) is 2.71. The molecule has 1 heterocycles. The van der Waals surface area contributed by atoms with Crippen molar-refractivity contribution in [2.24, 2.45) is 0 Å². The fraction of sp³-hybridized carbons (Fsp3) is 0.154. The Bertz CT molecular complexity index is 558. The first-order valence-electron chi connectivity index (χ1n) is 5.10. The Hall–Kier alpha value is -1.81. The van der Waals surface area contributed by atoms with Crippen molar-refractivity contribution in [2.75, 3.05) is 7.11 Å². The van der Waals surface area contributed by atoms with Crippen molar-refractivity contribution < 1.29 is 14.6 Å². The third-order valence-electron chi connectivity index (χ3n) is 2.53. The molecule has 0 saturated heterocycles. The van der Waals surface area contributed by atoms with Crippen molar-refractivity contribution in [3.8, 4) is 16.9 Å². The van der Waals surface area contributed by atoms with E-state index in [0.29, 0.717) is 4.88 Å². The molecule has 0 radical (unpaired) electrons. The van der Waals surface area contributed by atoms with E-state index in [1.165, 1.54) is 11.3 Å². The van der Waals surface area contributed by atoms with Crippen LogP contribution < -0.4 is 4.74 Å². The molecule has 0 atom stereocenters. The van der Waals surface area contributed by atoms with Crippen LogP contribution in [0.15, 0.2) is 30.3 Å². The Morgan fingerprint density at radius 3 is 2.59 bits per heavy atom. The highest BCUT2D eigenvalue weighted by molar-refractivity contribution is 7.14. The van der Waals surface area contributed by atoms with E-state index in [0.717, 1.165) is 21.8 Å². The molecule has 1 N–H and O–H groups in total. The molecule has 3 nitrogen and oxygen atoms in total. The highest BCUT2D eigenvalue weighted by Gasteiger charge is 2.14. The van der Waals surface area contributed by atoms with E-state index in [-0.39, 0.29) is 0 Å². The summed E-state index contributed by atoms with van der Waals surface area (Å²) in [6.45, 7) is 1.92. The van der Waals surface area contributed by atoms with Gasteiger partial charge in [-0.05, 0) is 24.6 Å². The number of para-hydroxylation sites is 1. The number of hydrogen-bond acceptors (Lipinski definition) is 3. The zero-order valence-corrected chi connectivity index (χ0v) is 10.4. The number of carboxylic acid groups (broad SMARTS) is 1. The molecule has 0 aliphatic heterocycles. The molecular weight excluding hydrogens is 236 g/mol. The Morgan fingerprint density at radius 1 is 1.29 bits per heavy atom. The van der Waals surface area contributed by atoms with Gasteiger partial charge in [-0.15, -0.1) is 11.3 Å². The van der Waals surface area contributed by atoms with Crippen LogP contribution in [0.4, 0.5) is 0 Å². The molecule has 4 heteroatoms. The zero-order valence-electron chi connectivity index (χ0n) is 9.56. The summed E-state index contributed by atoms with van der Waals surface area (Å²) in [5.74, 6) is -0.135. The standard InChI is InChI=1S/C13H12O3S/c1-8-10(7-12(17-8)13(14)15)9-5-3-4-6-11(9)16-2/h3-7H,1-2H3,(H,14,15). The lowest BCUT2D eigenvalue weighted by atomic mass is 10.1. The van der Waals surface area contributed by atoms with Crippen LogP contribution in [-0.4, -0.2) is 18.2 Å². The second kappa shape index (κ2) is 4.59. The second-order valence-corrected chi connectivity index (χ2v) is 4.84. The van der Waals surface area contributed by atoms with Crippen LogP contribution in [0.3, 0.4) is 0 Å². The number of thiophene rings is 1. The van der Waals surface area contributed by atoms with Crippen molar-refractivity contribution >= 4 is 17.3 Å². The average molecular weight is 248 g/mol. The topological polar surface area (TPSA) is 46.5 Å². The summed E-state index contributed by atoms with van der Waals surface area (Å²) < 4.78 is 5.28. The predicted molar refractivity (Wildman–Crippen MR) is 68.0 cm³/mol. The molecular formula is C13H12O3S. The number of methoxy groups -OCH3 is 1. The molecule has 17 heavy (non-hydrogen) atoms. The Morgan fingerprint density at radius 2 is 2.00 bits per heavy atom. The number of benzene rings is 1. The first kappa shape index (κ1) is 11.7. The van der Waals surface area contributed by atoms with Crippen LogP contribution >= 0.6 is 11.3 Å². The van der Waals surface area contributed by atoms with Crippen molar-refractivity contribution in [2.45, 2.75) is 6.92 Å². The molecule has 0 bridgehead atoms. The highest BCUT2D eigenvalue weighted by atomic mass is 32.1. The van der Waals surface area contributed by atoms with Gasteiger partial charge in [0.15, 0.2) is 0 Å². The minimum absolute atomic E-state index is 0.350. The highest BCUT2D eigenvalue weighted by Crippen LogP contribution is 2.36. The molecule has 1 aromatic carbocycles. The van der Waals surface area contributed by atoms with Gasteiger partial charge in [0.05, 0.1) is 7.11 Å². The van der Waals surface area contributed by atoms with Gasteiger partial charge in [-0.2, -0.15) is 0 Å². The lowest BCUT2D eigenvalue weighted by molar-refractivity contribution is 0.0702. The van der Waals surface area contributed by atoms with E-state index in [4.69, 9.17) is 9.84 Å². The molecule has 0 aliphatic rings. The van der Waals surface area contributed by atoms with E-state index >= 15 is 0 Å². The van der Waals surface area contributed by atoms with E-state index in [1.54, 1.807) is 13.2 Å². The summed E-state index contributed by atoms with van der Waals surface area (Å²) in [6.07, 6.45) is 0. The smallest absolute Gasteiger partial charge is 0.345 e. The third-order valence-corrected chi connectivity index (χ3v) is 3.56. The molecule has 0 fully saturated rings. The number of aromatic carboxylic acids is 1. The molecule has 0 amide bonds. The van der Waals surface area contributed by atoms with E-state index < -0.39 is 5.97 Å². The SMILES string of the molecule is COc1ccccc1-c1cc(C(=O)O)sc1C. The summed E-state index contributed by atoms with van der Waals surface area (Å²) in [5.41, 5.74) is 1.85. The van der Waals surface area contributed by atoms with Gasteiger partial charge < -0.3 is 9.84 Å². The van der Waals surface area contributed by atoms with Gasteiger partial charge in [0.25, 0.3) is 0 Å². The van der Waals surface area contributed by atoms with Crippen molar-refractivity contribution in [3.05, 3.63) is 40.1 Å². The van der Waals surface area contributed by atoms with Crippen molar-refractivity contribution in [1.82, 2.24) is 0 Å². The first-order chi connectivity index (χ1) is 8.13. The second-order valence-electron chi connectivity index (χ2n) is 3.59. The van der Waals surface area contributed by atoms with Gasteiger partial charge in [-0.1, -0.05) is 18.2 Å². The van der Waals surface area contributed by atoms with Crippen LogP contribution in [0.2, 0.25) is 0 Å². The fourth-order valence-electron chi connectivity index (χ4n) is 1.72. The monoisotopic (exact) mass is 248 g/mol. The minimum Gasteiger partial charge on any atom is -0.496 e. The predicted octanol–water partition coefficient (Wildman–Crippen LogP) is 3.43. The maximum absolute atomic E-state index is 10.9. The number of aryl methyl sites for hydroxylation is 1. The van der Waals surface area contributed by atoms with Gasteiger partial charge in [0.2, 0.25) is 0 Å². The van der Waals surface area contributed by atoms with Gasteiger partial charge in [0.1, 0.15) is 10.6 Å². The zero-order chi connectivity index (χ0) is 12.4. The van der Waals surface area contributed by atoms with E-state index in [2.05, 4.69) is 0 Å². The Balaban J connectivity index is 2.56. The van der Waals surface area contributed by atoms with Gasteiger partial charge >= 0.3 is 5.97 Å². The summed E-state index contributed by atoms with van der Waals surface area (Å²) in [7, 11) is 1.61. The first-order valence-corrected chi connectivity index (χ1v) is 5.92. The number of ether oxygens (including phenoxy) is 1. The van der Waals surface area contributed by atoms with E-state index in [1.807, 2.05) is 31.2 Å². The number of hydrogen-bond donors (Lipinski definition) is 1. The quantitative estimate of drug-likeness (QED) is 0.905. The Kier molecular flexibility index (Phi) is 3.15. The molecule has 2 aromatic rings. The third kappa shape index (κ3) is 2.17. The maximum Gasteiger partial charge on any atom is 0.345 e. The molecule has 1 aromatic heterocycles. The summed E-state index contributed by atoms with van der Waals surface area (Å²) in [6, 6.07) is 9.30. The van der Waals surface area contributed by atoms with E-state index in [9.17, 15) is 4.79 Å². The van der Waals surface area contributed by atoms with Crippen molar-refractivity contribution in [3.63, 3.8) is 0 Å². The Labute approximate surface area is 103 Å².